The number of alkyl halides is 1. The van der Waals surface area contributed by atoms with Gasteiger partial charge < -0.3 is 5.11 Å². The molecule has 0 aliphatic rings. The molecule has 0 bridgehead atoms. The van der Waals surface area contributed by atoms with E-state index in [1.165, 1.54) is 0 Å². The third-order valence-electron chi connectivity index (χ3n) is 0.787. The van der Waals surface area contributed by atoms with Crippen molar-refractivity contribution in [3.05, 3.63) is 0 Å². The van der Waals surface area contributed by atoms with Crippen molar-refractivity contribution in [2.75, 3.05) is 11.5 Å². The van der Waals surface area contributed by atoms with E-state index in [9.17, 15) is 29.0 Å². The smallest absolute Gasteiger partial charge is 0.308 e. The second-order valence-electron chi connectivity index (χ2n) is 2.28. The Bertz CT molecular complexity index is 332. The molecule has 5 nitrogen and oxygen atoms in total. The van der Waals surface area contributed by atoms with Crippen molar-refractivity contribution in [3.8, 4) is 0 Å². The van der Waals surface area contributed by atoms with Crippen molar-refractivity contribution in [2.45, 2.75) is 5.85 Å². The molecule has 0 amide bonds. The van der Waals surface area contributed by atoms with Gasteiger partial charge in [-0.3, -0.25) is 0 Å². The summed E-state index contributed by atoms with van der Waals surface area (Å²) in [4.78, 5) is 0. The highest BCUT2D eigenvalue weighted by Gasteiger charge is 2.38. The Kier molecular flexibility index (Phi) is 3.33. The van der Waals surface area contributed by atoms with E-state index in [1.54, 1.807) is 0 Å². The summed E-state index contributed by atoms with van der Waals surface area (Å²) in [5.41, 5.74) is 0. The molecular formula is C3H5F3O5S2. The van der Waals surface area contributed by atoms with Crippen molar-refractivity contribution < 1.29 is 34.1 Å². The summed E-state index contributed by atoms with van der Waals surface area (Å²) in [5, 5.41) is 8.28. The minimum absolute atomic E-state index is 2.12. The Hall–Kier alpha value is -0.350. The minimum atomic E-state index is -5.41. The van der Waals surface area contributed by atoms with Gasteiger partial charge in [-0.15, -0.1) is 7.77 Å². The molecule has 0 rings (SSSR count). The van der Waals surface area contributed by atoms with Crippen LogP contribution in [-0.4, -0.2) is 39.3 Å². The molecule has 0 aromatic rings. The number of halogens is 3. The van der Waals surface area contributed by atoms with Crippen LogP contribution >= 0.6 is 0 Å². The van der Waals surface area contributed by atoms with E-state index in [1.807, 2.05) is 0 Å². The molecular weight excluding hydrogens is 237 g/mol. The summed E-state index contributed by atoms with van der Waals surface area (Å²) in [7, 11) is -10.8. The van der Waals surface area contributed by atoms with Crippen LogP contribution in [0, 0.1) is 0 Å². The lowest BCUT2D eigenvalue weighted by molar-refractivity contribution is -0.0456. The lowest BCUT2D eigenvalue weighted by Gasteiger charge is -2.12. The average Bonchev–Trinajstić information content (AvgIpc) is 1.43. The van der Waals surface area contributed by atoms with E-state index in [-0.39, 0.29) is 0 Å². The maximum atomic E-state index is 12.4. The highest BCUT2D eigenvalue weighted by Crippen LogP contribution is 2.15. The van der Waals surface area contributed by atoms with Crippen LogP contribution in [0.3, 0.4) is 0 Å². The maximum absolute atomic E-state index is 12.4. The van der Waals surface area contributed by atoms with Crippen LogP contribution in [0.1, 0.15) is 0 Å². The fourth-order valence-corrected chi connectivity index (χ4v) is 1.96. The van der Waals surface area contributed by atoms with Gasteiger partial charge in [0.25, 0.3) is 0 Å². The number of hydrogen-bond acceptors (Lipinski definition) is 5. The normalized spacial score (nSPS) is 14.5. The second-order valence-corrected chi connectivity index (χ2v) is 5.02. The third kappa shape index (κ3) is 7.99. The Morgan fingerprint density at radius 1 is 1.00 bits per heavy atom. The van der Waals surface area contributed by atoms with Crippen molar-refractivity contribution in [2.24, 2.45) is 0 Å². The van der Waals surface area contributed by atoms with Gasteiger partial charge in [0, 0.05) is 0 Å². The van der Waals surface area contributed by atoms with Crippen LogP contribution in [-0.2, 0) is 20.4 Å². The van der Waals surface area contributed by atoms with Gasteiger partial charge in [-0.2, -0.15) is 16.8 Å². The molecule has 0 fully saturated rings. The Morgan fingerprint density at radius 2 is 1.23 bits per heavy atom. The van der Waals surface area contributed by atoms with Crippen molar-refractivity contribution in [3.63, 3.8) is 0 Å². The summed E-state index contributed by atoms with van der Waals surface area (Å²) in [6.45, 7) is 0. The van der Waals surface area contributed by atoms with Crippen molar-refractivity contribution in [1.29, 1.82) is 0 Å². The molecule has 0 aromatic heterocycles. The lowest BCUT2D eigenvalue weighted by Crippen LogP contribution is -2.37. The molecule has 0 saturated heterocycles. The fourth-order valence-electron chi connectivity index (χ4n) is 0.570. The van der Waals surface area contributed by atoms with E-state index in [0.717, 1.165) is 0 Å². The minimum Gasteiger partial charge on any atom is -0.360 e. The first-order valence-electron chi connectivity index (χ1n) is 2.67. The van der Waals surface area contributed by atoms with Crippen LogP contribution in [0.4, 0.5) is 12.2 Å². The molecule has 0 unspecified atom stereocenters. The molecule has 0 aromatic carbocycles. The van der Waals surface area contributed by atoms with Gasteiger partial charge >= 0.3 is 20.4 Å². The molecule has 10 heteroatoms. The Morgan fingerprint density at radius 3 is 1.38 bits per heavy atom. The first-order chi connectivity index (χ1) is 5.41. The van der Waals surface area contributed by atoms with Gasteiger partial charge in [-0.1, -0.05) is 0 Å². The zero-order valence-electron chi connectivity index (χ0n) is 5.94. The Labute approximate surface area is 72.6 Å². The molecule has 0 heterocycles. The molecule has 0 aliphatic heterocycles. The zero-order valence-corrected chi connectivity index (χ0v) is 7.58. The average molecular weight is 242 g/mol. The fraction of sp³-hybridized carbons (Fsp3) is 1.00. The van der Waals surface area contributed by atoms with Crippen LogP contribution in [0.5, 0.6) is 0 Å². The van der Waals surface area contributed by atoms with Gasteiger partial charge in [0.15, 0.2) is 0 Å². The van der Waals surface area contributed by atoms with Gasteiger partial charge in [0.2, 0.25) is 5.85 Å². The predicted octanol–water partition coefficient (Wildman–Crippen LogP) is -0.757. The summed E-state index contributed by atoms with van der Waals surface area (Å²) in [6.07, 6.45) is 0. The molecule has 0 aliphatic carbocycles. The SMILES string of the molecule is O=S(=O)(F)CC(O)(F)CS(=O)(=O)F. The largest absolute Gasteiger partial charge is 0.360 e. The van der Waals surface area contributed by atoms with Crippen LogP contribution in [0.15, 0.2) is 0 Å². The molecule has 0 atom stereocenters. The van der Waals surface area contributed by atoms with E-state index in [0.29, 0.717) is 0 Å². The summed E-state index contributed by atoms with van der Waals surface area (Å²) in [5.74, 6) is -8.20. The summed E-state index contributed by atoms with van der Waals surface area (Å²) < 4.78 is 74.8. The van der Waals surface area contributed by atoms with Gasteiger partial charge in [-0.05, 0) is 0 Å². The van der Waals surface area contributed by atoms with E-state index < -0.39 is 37.8 Å². The highest BCUT2D eigenvalue weighted by molar-refractivity contribution is 7.87. The van der Waals surface area contributed by atoms with Crippen LogP contribution < -0.4 is 0 Å². The lowest BCUT2D eigenvalue weighted by atomic mass is 10.4. The second kappa shape index (κ2) is 3.42. The number of hydrogen-bond donors (Lipinski definition) is 1. The third-order valence-corrected chi connectivity index (χ3v) is 2.36. The molecule has 1 N–H and O–H groups in total. The standard InChI is InChI=1S/C3H5F3O5S2/c4-3(7,1-12(5,8)9)2-13(6,10)11/h7H,1-2H2. The topological polar surface area (TPSA) is 88.5 Å². The van der Waals surface area contributed by atoms with Crippen molar-refractivity contribution >= 4 is 20.4 Å². The van der Waals surface area contributed by atoms with E-state index in [4.69, 9.17) is 5.11 Å². The molecule has 0 radical (unpaired) electrons. The molecule has 13 heavy (non-hydrogen) atoms. The number of rotatable bonds is 4. The van der Waals surface area contributed by atoms with Crippen LogP contribution in [0.2, 0.25) is 0 Å². The van der Waals surface area contributed by atoms with E-state index >= 15 is 0 Å². The van der Waals surface area contributed by atoms with Gasteiger partial charge in [0.1, 0.15) is 11.5 Å². The quantitative estimate of drug-likeness (QED) is 0.655. The highest BCUT2D eigenvalue weighted by atomic mass is 32.3. The first-order valence-corrected chi connectivity index (χ1v) is 5.78. The maximum Gasteiger partial charge on any atom is 0.308 e. The van der Waals surface area contributed by atoms with Gasteiger partial charge in [0.05, 0.1) is 0 Å². The zero-order chi connectivity index (χ0) is 10.9. The van der Waals surface area contributed by atoms with E-state index in [2.05, 4.69) is 0 Å². The molecule has 0 saturated carbocycles. The monoisotopic (exact) mass is 242 g/mol. The number of aliphatic hydroxyl groups is 1. The van der Waals surface area contributed by atoms with Gasteiger partial charge in [-0.25, -0.2) is 4.39 Å². The molecule has 0 spiro atoms. The van der Waals surface area contributed by atoms with Crippen LogP contribution in [0.25, 0.3) is 0 Å². The summed E-state index contributed by atoms with van der Waals surface area (Å²) >= 11 is 0. The molecule has 80 valence electrons. The first kappa shape index (κ1) is 12.7. The summed E-state index contributed by atoms with van der Waals surface area (Å²) in [6, 6.07) is 0. The predicted molar refractivity (Wildman–Crippen MR) is 35.8 cm³/mol. The van der Waals surface area contributed by atoms with Crippen molar-refractivity contribution in [1.82, 2.24) is 0 Å². The Balaban J connectivity index is 4.62.